The van der Waals surface area contributed by atoms with Crippen molar-refractivity contribution in [3.8, 4) is 0 Å². The molecule has 23 heavy (non-hydrogen) atoms. The molecule has 0 spiro atoms. The summed E-state index contributed by atoms with van der Waals surface area (Å²) in [7, 11) is 1.64. The first kappa shape index (κ1) is 16.8. The lowest BCUT2D eigenvalue weighted by Gasteiger charge is -2.18. The third-order valence-corrected chi connectivity index (χ3v) is 3.55. The molecule has 0 fully saturated rings. The molecular formula is C16H16ClN3O3. The lowest BCUT2D eigenvalue weighted by Crippen LogP contribution is -2.30. The third kappa shape index (κ3) is 4.43. The maximum Gasteiger partial charge on any atom is 0.321 e. The van der Waals surface area contributed by atoms with Crippen molar-refractivity contribution < 1.29 is 9.72 Å². The second-order valence-electron chi connectivity index (χ2n) is 5.17. The van der Waals surface area contributed by atoms with Crippen LogP contribution in [0.3, 0.4) is 0 Å². The van der Waals surface area contributed by atoms with Crippen molar-refractivity contribution in [2.24, 2.45) is 0 Å². The van der Waals surface area contributed by atoms with Crippen LogP contribution in [0.25, 0.3) is 0 Å². The molecule has 0 aliphatic carbocycles. The number of benzene rings is 2. The fourth-order valence-electron chi connectivity index (χ4n) is 2.08. The standard InChI is InChI=1S/C16H16ClN3O3/c1-11-6-7-14(9-15(11)20(22)23)18-16(21)19(2)10-12-4-3-5-13(17)8-12/h3-9H,10H2,1-2H3,(H,18,21). The number of nitro benzene ring substituents is 1. The fourth-order valence-corrected chi connectivity index (χ4v) is 2.30. The second-order valence-corrected chi connectivity index (χ2v) is 5.61. The number of hydrogen-bond donors (Lipinski definition) is 1. The molecule has 6 nitrogen and oxygen atoms in total. The van der Waals surface area contributed by atoms with E-state index >= 15 is 0 Å². The molecule has 2 amide bonds. The molecule has 0 saturated heterocycles. The highest BCUT2D eigenvalue weighted by atomic mass is 35.5. The van der Waals surface area contributed by atoms with Crippen LogP contribution in [-0.4, -0.2) is 22.9 Å². The van der Waals surface area contributed by atoms with Gasteiger partial charge in [-0.25, -0.2) is 4.79 Å². The van der Waals surface area contributed by atoms with Crippen LogP contribution in [0, 0.1) is 17.0 Å². The molecule has 2 rings (SSSR count). The Morgan fingerprint density at radius 2 is 2.04 bits per heavy atom. The minimum Gasteiger partial charge on any atom is -0.323 e. The van der Waals surface area contributed by atoms with E-state index in [1.807, 2.05) is 12.1 Å². The number of nitrogens with zero attached hydrogens (tertiary/aromatic N) is 2. The number of hydrogen-bond acceptors (Lipinski definition) is 3. The first-order chi connectivity index (χ1) is 10.9. The van der Waals surface area contributed by atoms with Gasteiger partial charge in [-0.1, -0.05) is 29.8 Å². The van der Waals surface area contributed by atoms with E-state index in [-0.39, 0.29) is 11.7 Å². The van der Waals surface area contributed by atoms with E-state index in [2.05, 4.69) is 5.32 Å². The van der Waals surface area contributed by atoms with Crippen LogP contribution in [-0.2, 0) is 6.54 Å². The van der Waals surface area contributed by atoms with E-state index < -0.39 is 4.92 Å². The zero-order valence-corrected chi connectivity index (χ0v) is 13.5. The molecule has 2 aromatic carbocycles. The lowest BCUT2D eigenvalue weighted by molar-refractivity contribution is -0.385. The van der Waals surface area contributed by atoms with Gasteiger partial charge in [0.2, 0.25) is 0 Å². The SMILES string of the molecule is Cc1ccc(NC(=O)N(C)Cc2cccc(Cl)c2)cc1[N+](=O)[O-]. The maximum atomic E-state index is 12.2. The monoisotopic (exact) mass is 333 g/mol. The highest BCUT2D eigenvalue weighted by molar-refractivity contribution is 6.30. The molecule has 0 aliphatic rings. The van der Waals surface area contributed by atoms with Crippen LogP contribution >= 0.6 is 11.6 Å². The largest absolute Gasteiger partial charge is 0.323 e. The van der Waals surface area contributed by atoms with Crippen LogP contribution in [0.2, 0.25) is 5.02 Å². The Bertz CT molecular complexity index is 749. The summed E-state index contributed by atoms with van der Waals surface area (Å²) in [5.74, 6) is 0. The van der Waals surface area contributed by atoms with Crippen LogP contribution in [0.15, 0.2) is 42.5 Å². The average Bonchev–Trinajstić information content (AvgIpc) is 2.48. The Kier molecular flexibility index (Phi) is 5.18. The number of nitro groups is 1. The van der Waals surface area contributed by atoms with Gasteiger partial charge in [-0.15, -0.1) is 0 Å². The number of halogens is 1. The van der Waals surface area contributed by atoms with Gasteiger partial charge in [-0.2, -0.15) is 0 Å². The number of aryl methyl sites for hydroxylation is 1. The second kappa shape index (κ2) is 7.11. The molecule has 1 N–H and O–H groups in total. The Morgan fingerprint density at radius 1 is 1.30 bits per heavy atom. The predicted octanol–water partition coefficient (Wildman–Crippen LogP) is 4.22. The molecular weight excluding hydrogens is 318 g/mol. The quantitative estimate of drug-likeness (QED) is 0.672. The minimum atomic E-state index is -0.472. The van der Waals surface area contributed by atoms with Crippen LogP contribution < -0.4 is 5.32 Å². The van der Waals surface area contributed by atoms with Crippen LogP contribution in [0.4, 0.5) is 16.2 Å². The zero-order valence-electron chi connectivity index (χ0n) is 12.7. The summed E-state index contributed by atoms with van der Waals surface area (Å²) in [5.41, 5.74) is 1.79. The first-order valence-corrected chi connectivity index (χ1v) is 7.26. The minimum absolute atomic E-state index is 0.0275. The van der Waals surface area contributed by atoms with Crippen molar-refractivity contribution in [1.82, 2.24) is 4.90 Å². The van der Waals surface area contributed by atoms with E-state index in [9.17, 15) is 14.9 Å². The number of anilines is 1. The summed E-state index contributed by atoms with van der Waals surface area (Å²) >= 11 is 5.92. The van der Waals surface area contributed by atoms with Gasteiger partial charge in [0.1, 0.15) is 0 Å². The Hall–Kier alpha value is -2.60. The summed E-state index contributed by atoms with van der Waals surface area (Å²) in [4.78, 5) is 24.1. The molecule has 0 bridgehead atoms. The number of urea groups is 1. The van der Waals surface area contributed by atoms with E-state index in [4.69, 9.17) is 11.6 Å². The van der Waals surface area contributed by atoms with E-state index in [1.165, 1.54) is 11.0 Å². The molecule has 7 heteroatoms. The number of nitrogens with one attached hydrogen (secondary N) is 1. The van der Waals surface area contributed by atoms with Gasteiger partial charge in [0, 0.05) is 35.9 Å². The van der Waals surface area contributed by atoms with E-state index in [0.717, 1.165) is 5.56 Å². The highest BCUT2D eigenvalue weighted by Crippen LogP contribution is 2.22. The Balaban J connectivity index is 2.06. The molecule has 0 atom stereocenters. The smallest absolute Gasteiger partial charge is 0.321 e. The fraction of sp³-hybridized carbons (Fsp3) is 0.188. The highest BCUT2D eigenvalue weighted by Gasteiger charge is 2.14. The first-order valence-electron chi connectivity index (χ1n) is 6.88. The van der Waals surface area contributed by atoms with E-state index in [1.54, 1.807) is 38.2 Å². The Labute approximate surface area is 138 Å². The van der Waals surface area contributed by atoms with Crippen LogP contribution in [0.1, 0.15) is 11.1 Å². The Morgan fingerprint density at radius 3 is 2.70 bits per heavy atom. The van der Waals surface area contributed by atoms with Crippen LogP contribution in [0.5, 0.6) is 0 Å². The number of amides is 2. The van der Waals surface area contributed by atoms with E-state index in [0.29, 0.717) is 22.8 Å². The molecule has 0 radical (unpaired) electrons. The predicted molar refractivity (Wildman–Crippen MR) is 89.8 cm³/mol. The molecule has 2 aromatic rings. The summed E-state index contributed by atoms with van der Waals surface area (Å²) in [6, 6.07) is 11.4. The average molecular weight is 334 g/mol. The van der Waals surface area contributed by atoms with Gasteiger partial charge in [-0.05, 0) is 30.7 Å². The summed E-state index contributed by atoms with van der Waals surface area (Å²) in [6.45, 7) is 2.02. The lowest BCUT2D eigenvalue weighted by atomic mass is 10.2. The normalized spacial score (nSPS) is 10.2. The van der Waals surface area contributed by atoms with Gasteiger partial charge in [0.25, 0.3) is 5.69 Å². The summed E-state index contributed by atoms with van der Waals surface area (Å²) in [5, 5.41) is 14.2. The van der Waals surface area contributed by atoms with Gasteiger partial charge in [-0.3, -0.25) is 10.1 Å². The number of carbonyl (C=O) groups excluding carboxylic acids is 1. The molecule has 120 valence electrons. The topological polar surface area (TPSA) is 75.5 Å². The zero-order chi connectivity index (χ0) is 17.0. The van der Waals surface area contributed by atoms with Crippen molar-refractivity contribution in [2.75, 3.05) is 12.4 Å². The van der Waals surface area contributed by atoms with Crippen molar-refractivity contribution in [3.63, 3.8) is 0 Å². The number of rotatable bonds is 4. The molecule has 0 heterocycles. The van der Waals surface area contributed by atoms with Gasteiger partial charge in [0.05, 0.1) is 4.92 Å². The van der Waals surface area contributed by atoms with Gasteiger partial charge < -0.3 is 10.2 Å². The summed E-state index contributed by atoms with van der Waals surface area (Å²) in [6.07, 6.45) is 0. The van der Waals surface area contributed by atoms with Crippen molar-refractivity contribution >= 4 is 29.0 Å². The number of carbonyl (C=O) groups is 1. The summed E-state index contributed by atoms with van der Waals surface area (Å²) < 4.78 is 0. The van der Waals surface area contributed by atoms with Crippen molar-refractivity contribution in [1.29, 1.82) is 0 Å². The molecule has 0 aromatic heterocycles. The van der Waals surface area contributed by atoms with Crippen molar-refractivity contribution in [3.05, 3.63) is 68.7 Å². The molecule has 0 unspecified atom stereocenters. The van der Waals surface area contributed by atoms with Gasteiger partial charge in [0.15, 0.2) is 0 Å². The molecule has 0 saturated carbocycles. The van der Waals surface area contributed by atoms with Gasteiger partial charge >= 0.3 is 6.03 Å². The molecule has 0 aliphatic heterocycles. The third-order valence-electron chi connectivity index (χ3n) is 3.31. The maximum absolute atomic E-state index is 12.2. The van der Waals surface area contributed by atoms with Crippen molar-refractivity contribution in [2.45, 2.75) is 13.5 Å².